The molecule has 1 aliphatic carbocycles. The van der Waals surface area contributed by atoms with E-state index >= 15 is 0 Å². The van der Waals surface area contributed by atoms with Crippen LogP contribution < -0.4 is 10.1 Å². The highest BCUT2D eigenvalue weighted by molar-refractivity contribution is 5.85. The molecule has 5 heteroatoms. The summed E-state index contributed by atoms with van der Waals surface area (Å²) >= 11 is 0. The minimum atomic E-state index is -0.875. The zero-order chi connectivity index (χ0) is 15.2. The SMILES string of the molecule is CC1CC(C(=O)O)C(C(=O)NCCOc2ccccc2)C1. The largest absolute Gasteiger partial charge is 0.492 e. The summed E-state index contributed by atoms with van der Waals surface area (Å²) in [5.74, 6) is -1.00. The lowest BCUT2D eigenvalue weighted by molar-refractivity contribution is -0.146. The number of para-hydroxylation sites is 1. The first-order valence-corrected chi connectivity index (χ1v) is 7.26. The minimum absolute atomic E-state index is 0.177. The number of aliphatic carboxylic acids is 1. The molecule has 1 aromatic rings. The Hall–Kier alpha value is -2.04. The second kappa shape index (κ2) is 7.11. The molecule has 1 aromatic carbocycles. The van der Waals surface area contributed by atoms with E-state index in [0.29, 0.717) is 26.0 Å². The standard InChI is InChI=1S/C16H21NO4/c1-11-9-13(14(10-11)16(19)20)15(18)17-7-8-21-12-5-3-2-4-6-12/h2-6,11,13-14H,7-10H2,1H3,(H,17,18)(H,19,20). The molecule has 0 aliphatic heterocycles. The number of hydrogen-bond donors (Lipinski definition) is 2. The number of amides is 1. The molecular formula is C16H21NO4. The number of nitrogens with one attached hydrogen (secondary N) is 1. The summed E-state index contributed by atoms with van der Waals surface area (Å²) in [4.78, 5) is 23.3. The molecule has 2 N–H and O–H groups in total. The van der Waals surface area contributed by atoms with Gasteiger partial charge in [0.1, 0.15) is 12.4 Å². The van der Waals surface area contributed by atoms with Gasteiger partial charge in [0.25, 0.3) is 0 Å². The molecule has 1 aliphatic rings. The monoisotopic (exact) mass is 291 g/mol. The second-order valence-corrected chi connectivity index (χ2v) is 5.58. The van der Waals surface area contributed by atoms with Crippen LogP contribution in [0.5, 0.6) is 5.75 Å². The Kier molecular flexibility index (Phi) is 5.20. The third-order valence-corrected chi connectivity index (χ3v) is 3.87. The summed E-state index contributed by atoms with van der Waals surface area (Å²) in [5.41, 5.74) is 0. The van der Waals surface area contributed by atoms with Crippen LogP contribution in [0, 0.1) is 17.8 Å². The van der Waals surface area contributed by atoms with Gasteiger partial charge in [0.2, 0.25) is 5.91 Å². The van der Waals surface area contributed by atoms with Gasteiger partial charge in [-0.3, -0.25) is 9.59 Å². The zero-order valence-electron chi connectivity index (χ0n) is 12.1. The van der Waals surface area contributed by atoms with Crippen molar-refractivity contribution in [3.8, 4) is 5.75 Å². The first-order valence-electron chi connectivity index (χ1n) is 7.26. The van der Waals surface area contributed by atoms with Crippen LogP contribution >= 0.6 is 0 Å². The van der Waals surface area contributed by atoms with E-state index in [0.717, 1.165) is 5.75 Å². The first-order chi connectivity index (χ1) is 10.1. The van der Waals surface area contributed by atoms with Crippen LogP contribution in [-0.4, -0.2) is 30.1 Å². The fourth-order valence-electron chi connectivity index (χ4n) is 2.85. The van der Waals surface area contributed by atoms with Gasteiger partial charge >= 0.3 is 5.97 Å². The number of carboxylic acid groups (broad SMARTS) is 1. The lowest BCUT2D eigenvalue weighted by Crippen LogP contribution is -2.37. The van der Waals surface area contributed by atoms with Crippen LogP contribution in [0.15, 0.2) is 30.3 Å². The zero-order valence-corrected chi connectivity index (χ0v) is 12.1. The molecule has 0 bridgehead atoms. The van der Waals surface area contributed by atoms with E-state index < -0.39 is 17.8 Å². The molecule has 0 aromatic heterocycles. The number of carboxylic acids is 1. The van der Waals surface area contributed by atoms with Crippen LogP contribution in [0.2, 0.25) is 0 Å². The molecule has 1 fully saturated rings. The van der Waals surface area contributed by atoms with E-state index in [2.05, 4.69) is 5.32 Å². The first kappa shape index (κ1) is 15.4. The smallest absolute Gasteiger partial charge is 0.307 e. The van der Waals surface area contributed by atoms with E-state index in [1.165, 1.54) is 0 Å². The third kappa shape index (κ3) is 4.21. The Balaban J connectivity index is 1.75. The molecule has 0 radical (unpaired) electrons. The Labute approximate surface area is 124 Å². The van der Waals surface area contributed by atoms with Crippen LogP contribution in [-0.2, 0) is 9.59 Å². The molecule has 3 atom stereocenters. The molecule has 21 heavy (non-hydrogen) atoms. The van der Waals surface area contributed by atoms with Crippen molar-refractivity contribution < 1.29 is 19.4 Å². The molecule has 0 heterocycles. The maximum absolute atomic E-state index is 12.1. The molecule has 1 saturated carbocycles. The normalized spacial score (nSPS) is 24.5. The molecule has 1 amide bonds. The van der Waals surface area contributed by atoms with Crippen molar-refractivity contribution in [2.24, 2.45) is 17.8 Å². The topological polar surface area (TPSA) is 75.6 Å². The Bertz CT molecular complexity index is 488. The van der Waals surface area contributed by atoms with Crippen molar-refractivity contribution in [2.75, 3.05) is 13.2 Å². The summed E-state index contributed by atoms with van der Waals surface area (Å²) in [6, 6.07) is 9.36. The minimum Gasteiger partial charge on any atom is -0.492 e. The van der Waals surface area contributed by atoms with E-state index in [-0.39, 0.29) is 11.8 Å². The highest BCUT2D eigenvalue weighted by atomic mass is 16.5. The average molecular weight is 291 g/mol. The lowest BCUT2D eigenvalue weighted by Gasteiger charge is -2.15. The van der Waals surface area contributed by atoms with Crippen LogP contribution in [0.1, 0.15) is 19.8 Å². The van der Waals surface area contributed by atoms with Gasteiger partial charge in [-0.05, 0) is 30.9 Å². The highest BCUT2D eigenvalue weighted by Crippen LogP contribution is 2.36. The van der Waals surface area contributed by atoms with Crippen molar-refractivity contribution in [1.82, 2.24) is 5.32 Å². The number of carbonyl (C=O) groups excluding carboxylic acids is 1. The number of carbonyl (C=O) groups is 2. The van der Waals surface area contributed by atoms with Crippen LogP contribution in [0.4, 0.5) is 0 Å². The Morgan fingerprint density at radius 3 is 2.57 bits per heavy atom. The van der Waals surface area contributed by atoms with Crippen molar-refractivity contribution in [2.45, 2.75) is 19.8 Å². The van der Waals surface area contributed by atoms with Gasteiger partial charge < -0.3 is 15.2 Å². The predicted octanol–water partition coefficient (Wildman–Crippen LogP) is 1.93. The lowest BCUT2D eigenvalue weighted by atomic mass is 9.95. The molecule has 0 spiro atoms. The van der Waals surface area contributed by atoms with Gasteiger partial charge in [0.15, 0.2) is 0 Å². The van der Waals surface area contributed by atoms with Crippen LogP contribution in [0.3, 0.4) is 0 Å². The Morgan fingerprint density at radius 2 is 1.90 bits per heavy atom. The maximum Gasteiger partial charge on any atom is 0.307 e. The van der Waals surface area contributed by atoms with E-state index in [4.69, 9.17) is 9.84 Å². The quantitative estimate of drug-likeness (QED) is 0.785. The molecule has 2 rings (SSSR count). The maximum atomic E-state index is 12.1. The van der Waals surface area contributed by atoms with Crippen molar-refractivity contribution in [3.63, 3.8) is 0 Å². The van der Waals surface area contributed by atoms with Crippen molar-refractivity contribution in [3.05, 3.63) is 30.3 Å². The molecule has 5 nitrogen and oxygen atoms in total. The molecule has 0 saturated heterocycles. The van der Waals surface area contributed by atoms with E-state index in [1.807, 2.05) is 37.3 Å². The van der Waals surface area contributed by atoms with Gasteiger partial charge in [0.05, 0.1) is 18.4 Å². The van der Waals surface area contributed by atoms with E-state index in [9.17, 15) is 9.59 Å². The third-order valence-electron chi connectivity index (χ3n) is 3.87. The second-order valence-electron chi connectivity index (χ2n) is 5.58. The number of hydrogen-bond acceptors (Lipinski definition) is 3. The number of ether oxygens (including phenoxy) is 1. The van der Waals surface area contributed by atoms with Gasteiger partial charge in [-0.15, -0.1) is 0 Å². The van der Waals surface area contributed by atoms with Crippen molar-refractivity contribution >= 4 is 11.9 Å². The molecular weight excluding hydrogens is 270 g/mol. The molecule has 114 valence electrons. The Morgan fingerprint density at radius 1 is 1.24 bits per heavy atom. The highest BCUT2D eigenvalue weighted by Gasteiger charge is 2.40. The van der Waals surface area contributed by atoms with Gasteiger partial charge in [-0.1, -0.05) is 25.1 Å². The summed E-state index contributed by atoms with van der Waals surface area (Å²) in [6.07, 6.45) is 1.22. The fourth-order valence-corrected chi connectivity index (χ4v) is 2.85. The van der Waals surface area contributed by atoms with Gasteiger partial charge in [0, 0.05) is 0 Å². The summed E-state index contributed by atoms with van der Waals surface area (Å²) in [7, 11) is 0. The fraction of sp³-hybridized carbons (Fsp3) is 0.500. The summed E-state index contributed by atoms with van der Waals surface area (Å²) < 4.78 is 5.48. The van der Waals surface area contributed by atoms with Crippen LogP contribution in [0.25, 0.3) is 0 Å². The number of benzene rings is 1. The predicted molar refractivity (Wildman–Crippen MR) is 78.0 cm³/mol. The van der Waals surface area contributed by atoms with E-state index in [1.54, 1.807) is 0 Å². The van der Waals surface area contributed by atoms with Gasteiger partial charge in [-0.2, -0.15) is 0 Å². The summed E-state index contributed by atoms with van der Waals surface area (Å²) in [6.45, 7) is 2.74. The average Bonchev–Trinajstić information content (AvgIpc) is 2.87. The van der Waals surface area contributed by atoms with Gasteiger partial charge in [-0.25, -0.2) is 0 Å². The van der Waals surface area contributed by atoms with Crippen molar-refractivity contribution in [1.29, 1.82) is 0 Å². The summed E-state index contributed by atoms with van der Waals surface area (Å²) in [5, 5.41) is 11.9. The number of rotatable bonds is 6. The molecule has 3 unspecified atom stereocenters.